The molecular weight excluding hydrogens is 345 g/mol. The van der Waals surface area contributed by atoms with Gasteiger partial charge in [0.25, 0.3) is 0 Å². The van der Waals surface area contributed by atoms with E-state index in [-0.39, 0.29) is 11.8 Å². The van der Waals surface area contributed by atoms with Gasteiger partial charge in [-0.25, -0.2) is 0 Å². The third kappa shape index (κ3) is 3.10. The molecule has 2 nitrogen and oxygen atoms in total. The topological polar surface area (TPSA) is 26.3 Å². The largest absolute Gasteiger partial charge is 0.465 e. The lowest BCUT2D eigenvalue weighted by Gasteiger charge is -2.31. The van der Waals surface area contributed by atoms with Gasteiger partial charge in [0.2, 0.25) is 0 Å². The lowest BCUT2D eigenvalue weighted by molar-refractivity contribution is -0.356. The molecule has 0 aliphatic heterocycles. The van der Waals surface area contributed by atoms with Gasteiger partial charge < -0.3 is 4.74 Å². The van der Waals surface area contributed by atoms with Crippen LogP contribution in [0.15, 0.2) is 0 Å². The maximum atomic E-state index is 13.1. The van der Waals surface area contributed by atoms with Crippen LogP contribution in [0, 0.1) is 29.6 Å². The van der Waals surface area contributed by atoms with Crippen molar-refractivity contribution in [2.45, 2.75) is 51.1 Å². The zero-order valence-electron chi connectivity index (χ0n) is 13.2. The average molecular weight is 364 g/mol. The van der Waals surface area contributed by atoms with Crippen molar-refractivity contribution in [3.8, 4) is 0 Å². The van der Waals surface area contributed by atoms with Gasteiger partial charge >= 0.3 is 24.0 Å². The zero-order chi connectivity index (χ0) is 18.5. The normalized spacial score (nSPS) is 33.8. The second kappa shape index (κ2) is 6.05. The number of carbonyl (C=O) groups is 1. The lowest BCUT2D eigenvalue weighted by Crippen LogP contribution is -2.52. The minimum Gasteiger partial charge on any atom is -0.465 e. The first-order valence-corrected chi connectivity index (χ1v) is 7.78. The SMILES string of the molecule is CC1C2CC(C(=O)OCCC(F)(F)C(F)(F)C(F)(F)F)C(C2)C1C. The molecule has 0 aromatic carbocycles. The van der Waals surface area contributed by atoms with Crippen LogP contribution in [0.3, 0.4) is 0 Å². The Hall–Kier alpha value is -1.02. The standard InChI is InChI=1S/C15H19F7O2/c1-7-8(2)10-5-9(7)6-11(10)12(23)24-4-3-13(16,17)14(18,19)15(20,21)22/h7-11H,3-6H2,1-2H3. The molecule has 2 aliphatic rings. The molecule has 0 N–H and O–H groups in total. The zero-order valence-corrected chi connectivity index (χ0v) is 13.2. The predicted molar refractivity (Wildman–Crippen MR) is 69.6 cm³/mol. The third-order valence-corrected chi connectivity index (χ3v) is 5.68. The Morgan fingerprint density at radius 1 is 1.00 bits per heavy atom. The van der Waals surface area contributed by atoms with Crippen molar-refractivity contribution >= 4 is 5.97 Å². The molecule has 0 aromatic heterocycles. The van der Waals surface area contributed by atoms with E-state index in [0.717, 1.165) is 6.42 Å². The molecule has 0 amide bonds. The van der Waals surface area contributed by atoms with Crippen LogP contribution in [0.5, 0.6) is 0 Å². The minimum absolute atomic E-state index is 0.0506. The van der Waals surface area contributed by atoms with Gasteiger partial charge in [-0.2, -0.15) is 30.7 Å². The highest BCUT2D eigenvalue weighted by atomic mass is 19.4. The van der Waals surface area contributed by atoms with Crippen LogP contribution in [0.25, 0.3) is 0 Å². The van der Waals surface area contributed by atoms with E-state index in [2.05, 4.69) is 11.7 Å². The predicted octanol–water partition coefficient (Wildman–Crippen LogP) is 4.68. The third-order valence-electron chi connectivity index (χ3n) is 5.68. The summed E-state index contributed by atoms with van der Waals surface area (Å²) in [5.41, 5.74) is 0. The number of carbonyl (C=O) groups excluding carboxylic acids is 1. The lowest BCUT2D eigenvalue weighted by atomic mass is 9.76. The van der Waals surface area contributed by atoms with Crippen molar-refractivity contribution < 1.29 is 40.3 Å². The number of fused-ring (bicyclic) bond motifs is 2. The fourth-order valence-corrected chi connectivity index (χ4v) is 3.96. The fourth-order valence-electron chi connectivity index (χ4n) is 3.96. The molecule has 9 heteroatoms. The first-order chi connectivity index (χ1) is 10.8. The Balaban J connectivity index is 1.87. The molecule has 0 saturated heterocycles. The van der Waals surface area contributed by atoms with Gasteiger partial charge in [-0.05, 0) is 36.5 Å². The highest BCUT2D eigenvalue weighted by Gasteiger charge is 2.72. The molecule has 0 heterocycles. The van der Waals surface area contributed by atoms with E-state index in [4.69, 9.17) is 0 Å². The van der Waals surface area contributed by atoms with Crippen molar-refractivity contribution in [1.82, 2.24) is 0 Å². The summed E-state index contributed by atoms with van der Waals surface area (Å²) in [6, 6.07) is 0. The number of esters is 1. The Bertz CT molecular complexity index is 487. The molecule has 0 radical (unpaired) electrons. The second-order valence-corrected chi connectivity index (χ2v) is 6.91. The maximum Gasteiger partial charge on any atom is 0.459 e. The van der Waals surface area contributed by atoms with Crippen molar-refractivity contribution in [3.63, 3.8) is 0 Å². The molecular formula is C15H19F7O2. The highest BCUT2D eigenvalue weighted by molar-refractivity contribution is 5.73. The number of rotatable bonds is 5. The Kier molecular flexibility index (Phi) is 4.87. The van der Waals surface area contributed by atoms with Crippen LogP contribution in [0.2, 0.25) is 0 Å². The van der Waals surface area contributed by atoms with Gasteiger partial charge in [-0.1, -0.05) is 13.8 Å². The summed E-state index contributed by atoms with van der Waals surface area (Å²) in [5, 5.41) is 0. The van der Waals surface area contributed by atoms with E-state index in [0.29, 0.717) is 18.3 Å². The van der Waals surface area contributed by atoms with E-state index in [1.54, 1.807) is 0 Å². The summed E-state index contributed by atoms with van der Waals surface area (Å²) in [6.45, 7) is 2.87. The highest BCUT2D eigenvalue weighted by Crippen LogP contribution is 2.55. The van der Waals surface area contributed by atoms with E-state index in [9.17, 15) is 35.5 Å². The van der Waals surface area contributed by atoms with Crippen molar-refractivity contribution in [1.29, 1.82) is 0 Å². The van der Waals surface area contributed by atoms with E-state index in [1.165, 1.54) is 0 Å². The molecule has 2 fully saturated rings. The summed E-state index contributed by atoms with van der Waals surface area (Å²) in [4.78, 5) is 11.9. The van der Waals surface area contributed by atoms with Gasteiger partial charge in [-0.15, -0.1) is 0 Å². The minimum atomic E-state index is -6.36. The van der Waals surface area contributed by atoms with Crippen LogP contribution in [0.4, 0.5) is 30.7 Å². The number of hydrogen-bond acceptors (Lipinski definition) is 2. The summed E-state index contributed by atoms with van der Waals surface area (Å²) < 4.78 is 92.3. The molecule has 24 heavy (non-hydrogen) atoms. The average Bonchev–Trinajstić information content (AvgIpc) is 2.98. The Morgan fingerprint density at radius 3 is 2.04 bits per heavy atom. The maximum absolute atomic E-state index is 13.1. The second-order valence-electron chi connectivity index (χ2n) is 6.91. The first kappa shape index (κ1) is 19.3. The van der Waals surface area contributed by atoms with Crippen molar-refractivity contribution in [2.24, 2.45) is 29.6 Å². The molecule has 5 atom stereocenters. The van der Waals surface area contributed by atoms with Gasteiger partial charge in [0.1, 0.15) is 0 Å². The van der Waals surface area contributed by atoms with Crippen molar-refractivity contribution in [2.75, 3.05) is 6.61 Å². The summed E-state index contributed by atoms with van der Waals surface area (Å²) in [5.74, 6) is -11.7. The monoisotopic (exact) mass is 364 g/mol. The van der Waals surface area contributed by atoms with Gasteiger partial charge in [0, 0.05) is 0 Å². The van der Waals surface area contributed by atoms with Gasteiger partial charge in [0.15, 0.2) is 0 Å². The van der Waals surface area contributed by atoms with Crippen LogP contribution < -0.4 is 0 Å². The van der Waals surface area contributed by atoms with Crippen LogP contribution in [-0.4, -0.2) is 30.6 Å². The molecule has 2 rings (SSSR count). The number of ether oxygens (including phenoxy) is 1. The smallest absolute Gasteiger partial charge is 0.459 e. The number of alkyl halides is 7. The Morgan fingerprint density at radius 2 is 1.58 bits per heavy atom. The van der Waals surface area contributed by atoms with Crippen molar-refractivity contribution in [3.05, 3.63) is 0 Å². The van der Waals surface area contributed by atoms with Crippen LogP contribution >= 0.6 is 0 Å². The van der Waals surface area contributed by atoms with E-state index >= 15 is 0 Å². The molecule has 0 spiro atoms. The number of halogens is 7. The number of hydrogen-bond donors (Lipinski definition) is 0. The fraction of sp³-hybridized carbons (Fsp3) is 0.933. The molecule has 2 saturated carbocycles. The summed E-state index contributed by atoms with van der Waals surface area (Å²) in [6.07, 6.45) is -6.87. The quantitative estimate of drug-likeness (QED) is 0.523. The Labute approximate surface area is 134 Å². The van der Waals surface area contributed by atoms with Crippen LogP contribution in [-0.2, 0) is 9.53 Å². The van der Waals surface area contributed by atoms with Gasteiger partial charge in [0.05, 0.1) is 18.9 Å². The summed E-state index contributed by atoms with van der Waals surface area (Å²) in [7, 11) is 0. The first-order valence-electron chi connectivity index (χ1n) is 7.78. The summed E-state index contributed by atoms with van der Waals surface area (Å²) >= 11 is 0. The molecule has 2 bridgehead atoms. The molecule has 5 unspecified atom stereocenters. The molecule has 140 valence electrons. The molecule has 0 aromatic rings. The van der Waals surface area contributed by atoms with E-state index in [1.807, 2.05) is 6.92 Å². The van der Waals surface area contributed by atoms with E-state index < -0.39 is 42.9 Å². The van der Waals surface area contributed by atoms with Crippen LogP contribution in [0.1, 0.15) is 33.1 Å². The molecule has 2 aliphatic carbocycles. The van der Waals surface area contributed by atoms with Gasteiger partial charge in [-0.3, -0.25) is 4.79 Å².